The number of methoxy groups -OCH3 is 1. The first kappa shape index (κ1) is 16.6. The molecule has 4 nitrogen and oxygen atoms in total. The standard InChI is InChI=1S/C21H28N2O2/c1-14(22-23-20(24)18-3-5-19(25-2)6-4-18)10-21-11-15-7-16(12-21)9-17(8-15)13-21/h3-6,15-17H,7-13H2,1-2H3,(H,23,24)/b22-14-. The Balaban J connectivity index is 1.37. The molecule has 0 unspecified atom stereocenters. The minimum absolute atomic E-state index is 0.160. The van der Waals surface area contributed by atoms with Crippen molar-refractivity contribution in [1.29, 1.82) is 0 Å². The van der Waals surface area contributed by atoms with Crippen molar-refractivity contribution in [3.63, 3.8) is 0 Å². The van der Waals surface area contributed by atoms with Crippen molar-refractivity contribution in [3.8, 4) is 5.75 Å². The molecule has 1 aromatic rings. The third-order valence-electron chi connectivity index (χ3n) is 6.50. The van der Waals surface area contributed by atoms with Gasteiger partial charge in [-0.3, -0.25) is 4.79 Å². The van der Waals surface area contributed by atoms with Crippen LogP contribution < -0.4 is 10.2 Å². The summed E-state index contributed by atoms with van der Waals surface area (Å²) in [5.74, 6) is 3.44. The van der Waals surface area contributed by atoms with Crippen molar-refractivity contribution >= 4 is 11.6 Å². The number of ether oxygens (including phenoxy) is 1. The molecule has 4 heteroatoms. The topological polar surface area (TPSA) is 50.7 Å². The molecule has 4 bridgehead atoms. The van der Waals surface area contributed by atoms with E-state index in [-0.39, 0.29) is 5.91 Å². The number of amides is 1. The van der Waals surface area contributed by atoms with Crippen LogP contribution in [0.2, 0.25) is 0 Å². The van der Waals surface area contributed by atoms with Crippen molar-refractivity contribution in [2.75, 3.05) is 7.11 Å². The zero-order valence-electron chi connectivity index (χ0n) is 15.3. The number of hydrogen-bond donors (Lipinski definition) is 1. The minimum atomic E-state index is -0.160. The van der Waals surface area contributed by atoms with Crippen LogP contribution in [0.5, 0.6) is 5.75 Å². The molecule has 0 heterocycles. The number of rotatable bonds is 5. The molecule has 4 saturated carbocycles. The molecule has 134 valence electrons. The maximum Gasteiger partial charge on any atom is 0.271 e. The van der Waals surface area contributed by atoms with Crippen molar-refractivity contribution in [1.82, 2.24) is 5.43 Å². The maximum absolute atomic E-state index is 12.3. The second-order valence-electron chi connectivity index (χ2n) is 8.61. The van der Waals surface area contributed by atoms with Gasteiger partial charge in [0.15, 0.2) is 0 Å². The number of hydrogen-bond acceptors (Lipinski definition) is 3. The molecule has 4 fully saturated rings. The number of carbonyl (C=O) groups is 1. The van der Waals surface area contributed by atoms with Gasteiger partial charge in [-0.25, -0.2) is 5.43 Å². The van der Waals surface area contributed by atoms with Crippen molar-refractivity contribution in [2.24, 2.45) is 28.3 Å². The lowest BCUT2D eigenvalue weighted by Crippen LogP contribution is -2.46. The van der Waals surface area contributed by atoms with E-state index in [4.69, 9.17) is 4.74 Å². The average molecular weight is 340 g/mol. The van der Waals surface area contributed by atoms with Crippen LogP contribution in [-0.2, 0) is 0 Å². The fraction of sp³-hybridized carbons (Fsp3) is 0.619. The minimum Gasteiger partial charge on any atom is -0.497 e. The normalized spacial score (nSPS) is 33.4. The SMILES string of the molecule is COc1ccc(C(=O)N/N=C(/C)CC23CC4CC(CC(C4)C2)C3)cc1. The predicted molar refractivity (Wildman–Crippen MR) is 98.8 cm³/mol. The lowest BCUT2D eigenvalue weighted by Gasteiger charge is -2.57. The Morgan fingerprint density at radius 2 is 1.68 bits per heavy atom. The van der Waals surface area contributed by atoms with Crippen LogP contribution in [0.25, 0.3) is 0 Å². The van der Waals surface area contributed by atoms with Crippen LogP contribution >= 0.6 is 0 Å². The van der Waals surface area contributed by atoms with Gasteiger partial charge in [-0.1, -0.05) is 0 Å². The second-order valence-corrected chi connectivity index (χ2v) is 8.61. The molecule has 5 rings (SSSR count). The summed E-state index contributed by atoms with van der Waals surface area (Å²) in [6.07, 6.45) is 9.55. The summed E-state index contributed by atoms with van der Waals surface area (Å²) in [7, 11) is 1.62. The Kier molecular flexibility index (Phi) is 4.30. The molecule has 0 radical (unpaired) electrons. The molecule has 1 N–H and O–H groups in total. The van der Waals surface area contributed by atoms with Gasteiger partial charge in [0.25, 0.3) is 5.91 Å². The molecule has 0 saturated heterocycles. The average Bonchev–Trinajstić information content (AvgIpc) is 2.58. The van der Waals surface area contributed by atoms with Gasteiger partial charge >= 0.3 is 0 Å². The number of hydrazone groups is 1. The fourth-order valence-corrected chi connectivity index (χ4v) is 6.04. The Morgan fingerprint density at radius 1 is 1.12 bits per heavy atom. The highest BCUT2D eigenvalue weighted by Gasteiger charge is 2.50. The Bertz CT molecular complexity index is 642. The first-order chi connectivity index (χ1) is 12.0. The summed E-state index contributed by atoms with van der Waals surface area (Å²) in [5.41, 5.74) is 4.86. The zero-order chi connectivity index (χ0) is 17.4. The first-order valence-electron chi connectivity index (χ1n) is 9.53. The van der Waals surface area contributed by atoms with Crippen molar-refractivity contribution in [3.05, 3.63) is 29.8 Å². The monoisotopic (exact) mass is 340 g/mol. The van der Waals surface area contributed by atoms with E-state index in [2.05, 4.69) is 17.5 Å². The van der Waals surface area contributed by atoms with E-state index in [1.54, 1.807) is 31.4 Å². The van der Waals surface area contributed by atoms with Gasteiger partial charge < -0.3 is 4.74 Å². The summed E-state index contributed by atoms with van der Waals surface area (Å²) in [4.78, 5) is 12.3. The van der Waals surface area contributed by atoms with Gasteiger partial charge in [0.1, 0.15) is 5.75 Å². The smallest absolute Gasteiger partial charge is 0.271 e. The summed E-state index contributed by atoms with van der Waals surface area (Å²) in [6, 6.07) is 7.11. The highest BCUT2D eigenvalue weighted by Crippen LogP contribution is 2.61. The summed E-state index contributed by atoms with van der Waals surface area (Å²) in [6.45, 7) is 2.06. The van der Waals surface area contributed by atoms with E-state index in [0.29, 0.717) is 11.0 Å². The van der Waals surface area contributed by atoms with Crippen LogP contribution in [0.1, 0.15) is 62.2 Å². The third-order valence-corrected chi connectivity index (χ3v) is 6.50. The van der Waals surface area contributed by atoms with Crippen LogP contribution in [0.4, 0.5) is 0 Å². The van der Waals surface area contributed by atoms with Gasteiger partial charge in [-0.15, -0.1) is 0 Å². The van der Waals surface area contributed by atoms with E-state index >= 15 is 0 Å². The van der Waals surface area contributed by atoms with Gasteiger partial charge in [0.2, 0.25) is 0 Å². The van der Waals surface area contributed by atoms with E-state index in [1.165, 1.54) is 38.5 Å². The Labute approximate surface area is 150 Å². The molecule has 4 aliphatic carbocycles. The largest absolute Gasteiger partial charge is 0.497 e. The van der Waals surface area contributed by atoms with Gasteiger partial charge in [-0.2, -0.15) is 5.10 Å². The van der Waals surface area contributed by atoms with E-state index < -0.39 is 0 Å². The molecular weight excluding hydrogens is 312 g/mol. The van der Waals surface area contributed by atoms with Crippen LogP contribution in [0.3, 0.4) is 0 Å². The summed E-state index contributed by atoms with van der Waals surface area (Å²) >= 11 is 0. The highest BCUT2D eigenvalue weighted by molar-refractivity contribution is 5.95. The molecule has 0 atom stereocenters. The predicted octanol–water partition coefficient (Wildman–Crippen LogP) is 4.41. The van der Waals surface area contributed by atoms with Crippen molar-refractivity contribution < 1.29 is 9.53 Å². The number of carbonyl (C=O) groups excluding carboxylic acids is 1. The molecule has 0 aliphatic heterocycles. The molecule has 25 heavy (non-hydrogen) atoms. The third kappa shape index (κ3) is 3.44. The molecular formula is C21H28N2O2. The van der Waals surface area contributed by atoms with Crippen molar-refractivity contribution in [2.45, 2.75) is 51.9 Å². The lowest BCUT2D eigenvalue weighted by molar-refractivity contribution is -0.0482. The van der Waals surface area contributed by atoms with E-state index in [9.17, 15) is 4.79 Å². The maximum atomic E-state index is 12.3. The first-order valence-corrected chi connectivity index (χ1v) is 9.53. The van der Waals surface area contributed by atoms with Crippen LogP contribution in [-0.4, -0.2) is 18.7 Å². The number of nitrogens with zero attached hydrogens (tertiary/aromatic N) is 1. The lowest BCUT2D eigenvalue weighted by atomic mass is 9.48. The second kappa shape index (κ2) is 6.47. The van der Waals surface area contributed by atoms with Gasteiger partial charge in [0, 0.05) is 11.3 Å². The van der Waals surface area contributed by atoms with Gasteiger partial charge in [0.05, 0.1) is 7.11 Å². The summed E-state index contributed by atoms with van der Waals surface area (Å²) in [5, 5.41) is 4.40. The highest BCUT2D eigenvalue weighted by atomic mass is 16.5. The van der Waals surface area contributed by atoms with E-state index in [1.807, 2.05) is 0 Å². The van der Waals surface area contributed by atoms with Crippen LogP contribution in [0.15, 0.2) is 29.4 Å². The Morgan fingerprint density at radius 3 is 2.20 bits per heavy atom. The van der Waals surface area contributed by atoms with Gasteiger partial charge in [-0.05, 0) is 99.3 Å². The molecule has 0 spiro atoms. The number of nitrogens with one attached hydrogen (secondary N) is 1. The quantitative estimate of drug-likeness (QED) is 0.638. The molecule has 4 aliphatic rings. The van der Waals surface area contributed by atoms with E-state index in [0.717, 1.165) is 35.6 Å². The fourth-order valence-electron chi connectivity index (χ4n) is 6.04. The van der Waals surface area contributed by atoms with Crippen LogP contribution in [0, 0.1) is 23.2 Å². The molecule has 1 aromatic carbocycles. The Hall–Kier alpha value is -1.84. The zero-order valence-corrected chi connectivity index (χ0v) is 15.3. The molecule has 1 amide bonds. The molecule has 0 aromatic heterocycles. The number of benzene rings is 1. The summed E-state index contributed by atoms with van der Waals surface area (Å²) < 4.78 is 5.12.